The van der Waals surface area contributed by atoms with Crippen LogP contribution in [-0.2, 0) is 22.6 Å². The van der Waals surface area contributed by atoms with Crippen LogP contribution in [0.2, 0.25) is 0 Å². The van der Waals surface area contributed by atoms with E-state index in [0.717, 1.165) is 28.1 Å². The average Bonchev–Trinajstić information content (AvgIpc) is 3.24. The van der Waals surface area contributed by atoms with Crippen molar-refractivity contribution >= 4 is 29.3 Å². The first-order valence-electron chi connectivity index (χ1n) is 11.2. The van der Waals surface area contributed by atoms with Crippen molar-refractivity contribution in [2.24, 2.45) is 0 Å². The Labute approximate surface area is 204 Å². The third-order valence-corrected chi connectivity index (χ3v) is 6.53. The van der Waals surface area contributed by atoms with Crippen LogP contribution in [-0.4, -0.2) is 39.4 Å². The molecular weight excluding hydrogens is 450 g/mol. The molecule has 0 aliphatic rings. The highest BCUT2D eigenvalue weighted by molar-refractivity contribution is 7.99. The van der Waals surface area contributed by atoms with Crippen LogP contribution < -0.4 is 15.4 Å². The Bertz CT molecular complexity index is 1140. The van der Waals surface area contributed by atoms with Crippen molar-refractivity contribution in [1.29, 1.82) is 0 Å². The normalized spacial score (nSPS) is 11.7. The average molecular weight is 482 g/mol. The van der Waals surface area contributed by atoms with Crippen LogP contribution in [0.25, 0.3) is 0 Å². The molecule has 0 saturated heterocycles. The number of aromatic nitrogens is 3. The molecule has 0 unspecified atom stereocenters. The van der Waals surface area contributed by atoms with Gasteiger partial charge >= 0.3 is 0 Å². The molecule has 0 aliphatic carbocycles. The summed E-state index contributed by atoms with van der Waals surface area (Å²) >= 11 is 1.32. The second-order valence-electron chi connectivity index (χ2n) is 7.98. The summed E-state index contributed by atoms with van der Waals surface area (Å²) in [6, 6.07) is 12.9. The molecule has 2 aromatic carbocycles. The van der Waals surface area contributed by atoms with Gasteiger partial charge in [-0.25, -0.2) is 0 Å². The first-order chi connectivity index (χ1) is 16.3. The van der Waals surface area contributed by atoms with Gasteiger partial charge in [0.25, 0.3) is 0 Å². The number of nitrogens with one attached hydrogen (secondary N) is 2. The van der Waals surface area contributed by atoms with E-state index in [4.69, 9.17) is 4.74 Å². The van der Waals surface area contributed by atoms with E-state index in [2.05, 4.69) is 20.8 Å². The minimum Gasteiger partial charge on any atom is -0.497 e. The largest absolute Gasteiger partial charge is 0.497 e. The van der Waals surface area contributed by atoms with Gasteiger partial charge in [0.05, 0.1) is 25.3 Å². The van der Waals surface area contributed by atoms with Crippen molar-refractivity contribution in [3.63, 3.8) is 0 Å². The van der Waals surface area contributed by atoms with E-state index in [1.807, 2.05) is 74.7 Å². The predicted octanol–water partition coefficient (Wildman–Crippen LogP) is 4.07. The molecule has 1 heterocycles. The van der Waals surface area contributed by atoms with Gasteiger partial charge in [-0.3, -0.25) is 9.59 Å². The van der Waals surface area contributed by atoms with Gasteiger partial charge < -0.3 is 19.9 Å². The fraction of sp³-hybridized carbons (Fsp3) is 0.360. The number of anilines is 1. The summed E-state index contributed by atoms with van der Waals surface area (Å²) in [4.78, 5) is 25.0. The number of rotatable bonds is 10. The van der Waals surface area contributed by atoms with Crippen molar-refractivity contribution in [3.05, 3.63) is 65.0 Å². The highest BCUT2D eigenvalue weighted by Gasteiger charge is 2.20. The molecule has 0 saturated carbocycles. The Kier molecular flexibility index (Phi) is 8.70. The lowest BCUT2D eigenvalue weighted by molar-refractivity contribution is -0.121. The predicted molar refractivity (Wildman–Crippen MR) is 134 cm³/mol. The van der Waals surface area contributed by atoms with Gasteiger partial charge in [0, 0.05) is 12.2 Å². The topological polar surface area (TPSA) is 98.1 Å². The second-order valence-corrected chi connectivity index (χ2v) is 8.93. The maximum absolute atomic E-state index is 12.5. The van der Waals surface area contributed by atoms with Gasteiger partial charge in [-0.05, 0) is 62.6 Å². The fourth-order valence-corrected chi connectivity index (χ4v) is 4.32. The lowest BCUT2D eigenvalue weighted by atomic mass is 10.1. The Morgan fingerprint density at radius 1 is 1.09 bits per heavy atom. The first kappa shape index (κ1) is 25.3. The highest BCUT2D eigenvalue weighted by atomic mass is 32.2. The zero-order chi connectivity index (χ0) is 24.7. The van der Waals surface area contributed by atoms with Crippen LogP contribution in [0.3, 0.4) is 0 Å². The van der Waals surface area contributed by atoms with Crippen molar-refractivity contribution < 1.29 is 14.3 Å². The lowest BCUT2D eigenvalue weighted by Crippen LogP contribution is -2.30. The zero-order valence-corrected chi connectivity index (χ0v) is 21.0. The van der Waals surface area contributed by atoms with Crippen LogP contribution in [0, 0.1) is 13.8 Å². The molecule has 2 N–H and O–H groups in total. The van der Waals surface area contributed by atoms with E-state index in [-0.39, 0.29) is 30.0 Å². The lowest BCUT2D eigenvalue weighted by Gasteiger charge is -2.15. The molecule has 0 bridgehead atoms. The molecule has 0 spiro atoms. The minimum atomic E-state index is -0.323. The summed E-state index contributed by atoms with van der Waals surface area (Å²) in [5.74, 6) is 1.41. The molecule has 0 fully saturated rings. The summed E-state index contributed by atoms with van der Waals surface area (Å²) in [6.07, 6.45) is 0.259. The van der Waals surface area contributed by atoms with Gasteiger partial charge in [0.1, 0.15) is 5.75 Å². The molecule has 8 nitrogen and oxygen atoms in total. The fourth-order valence-electron chi connectivity index (χ4n) is 3.51. The van der Waals surface area contributed by atoms with Crippen LogP contribution >= 0.6 is 11.8 Å². The van der Waals surface area contributed by atoms with E-state index in [1.54, 1.807) is 7.11 Å². The summed E-state index contributed by atoms with van der Waals surface area (Å²) < 4.78 is 7.08. The number of ether oxygens (including phenoxy) is 1. The number of amides is 2. The van der Waals surface area contributed by atoms with Crippen LogP contribution in [0.1, 0.15) is 42.4 Å². The van der Waals surface area contributed by atoms with E-state index in [0.29, 0.717) is 17.5 Å². The van der Waals surface area contributed by atoms with Gasteiger partial charge in [-0.15, -0.1) is 10.2 Å². The van der Waals surface area contributed by atoms with Crippen LogP contribution in [0.4, 0.5) is 5.69 Å². The third kappa shape index (κ3) is 6.38. The Morgan fingerprint density at radius 2 is 1.82 bits per heavy atom. The van der Waals surface area contributed by atoms with Crippen LogP contribution in [0.5, 0.6) is 5.75 Å². The molecule has 2 amide bonds. The molecular formula is C25H31N5O3S. The monoisotopic (exact) mass is 481 g/mol. The zero-order valence-electron chi connectivity index (χ0n) is 20.2. The second kappa shape index (κ2) is 11.7. The molecule has 0 aliphatic heterocycles. The molecule has 34 heavy (non-hydrogen) atoms. The SMILES string of the molecule is CCn1c(SCC(=O)Nc2cccc(C)c2C)nnc1[C@H](C)NC(=O)Cc1ccc(OC)cc1. The number of hydrogen-bond acceptors (Lipinski definition) is 6. The maximum atomic E-state index is 12.5. The van der Waals surface area contributed by atoms with E-state index >= 15 is 0 Å². The summed E-state index contributed by atoms with van der Waals surface area (Å²) in [6.45, 7) is 8.50. The first-order valence-corrected chi connectivity index (χ1v) is 12.1. The summed E-state index contributed by atoms with van der Waals surface area (Å²) in [5.41, 5.74) is 3.90. The maximum Gasteiger partial charge on any atom is 0.234 e. The summed E-state index contributed by atoms with van der Waals surface area (Å²) in [5, 5.41) is 15.1. The molecule has 3 aromatic rings. The number of carbonyl (C=O) groups is 2. The smallest absolute Gasteiger partial charge is 0.234 e. The van der Waals surface area contributed by atoms with E-state index in [9.17, 15) is 9.59 Å². The van der Waals surface area contributed by atoms with Gasteiger partial charge in [-0.2, -0.15) is 0 Å². The molecule has 9 heteroatoms. The van der Waals surface area contributed by atoms with Crippen molar-refractivity contribution in [1.82, 2.24) is 20.1 Å². The Balaban J connectivity index is 1.58. The molecule has 0 radical (unpaired) electrons. The van der Waals surface area contributed by atoms with Crippen molar-refractivity contribution in [3.8, 4) is 5.75 Å². The number of benzene rings is 2. The Hall–Kier alpha value is -3.33. The molecule has 3 rings (SSSR count). The summed E-state index contributed by atoms with van der Waals surface area (Å²) in [7, 11) is 1.61. The number of nitrogens with zero attached hydrogens (tertiary/aromatic N) is 3. The highest BCUT2D eigenvalue weighted by Crippen LogP contribution is 2.22. The number of thioether (sulfide) groups is 1. The molecule has 180 valence electrons. The van der Waals surface area contributed by atoms with Crippen molar-refractivity contribution in [2.45, 2.75) is 51.9 Å². The van der Waals surface area contributed by atoms with Gasteiger partial charge in [-0.1, -0.05) is 36.0 Å². The third-order valence-electron chi connectivity index (χ3n) is 5.56. The van der Waals surface area contributed by atoms with Gasteiger partial charge in [0.2, 0.25) is 11.8 Å². The Morgan fingerprint density at radius 3 is 2.50 bits per heavy atom. The number of aryl methyl sites for hydroxylation is 1. The van der Waals surface area contributed by atoms with Crippen LogP contribution in [0.15, 0.2) is 47.6 Å². The molecule has 1 aromatic heterocycles. The van der Waals surface area contributed by atoms with Crippen molar-refractivity contribution in [2.75, 3.05) is 18.2 Å². The quantitative estimate of drug-likeness (QED) is 0.424. The molecule has 1 atom stereocenters. The number of carbonyl (C=O) groups excluding carboxylic acids is 2. The number of methoxy groups -OCH3 is 1. The van der Waals surface area contributed by atoms with E-state index < -0.39 is 0 Å². The van der Waals surface area contributed by atoms with Gasteiger partial charge in [0.15, 0.2) is 11.0 Å². The van der Waals surface area contributed by atoms with E-state index in [1.165, 1.54) is 11.8 Å². The number of hydrogen-bond donors (Lipinski definition) is 2. The minimum absolute atomic E-state index is 0.105. The standard InChI is InChI=1S/C25H31N5O3S/c1-6-30-24(18(4)26-22(31)14-19-10-12-20(33-5)13-11-19)28-29-25(30)34-15-23(32)27-21-9-7-8-16(2)17(21)3/h7-13,18H,6,14-15H2,1-5H3,(H,26,31)(H,27,32)/t18-/m0/s1.